The van der Waals surface area contributed by atoms with Crippen molar-refractivity contribution in [2.24, 2.45) is 0 Å². The van der Waals surface area contributed by atoms with Crippen LogP contribution in [-0.4, -0.2) is 17.5 Å². The van der Waals surface area contributed by atoms with E-state index in [0.717, 1.165) is 22.8 Å². The zero-order valence-electron chi connectivity index (χ0n) is 11.3. The zero-order chi connectivity index (χ0) is 13.8. The maximum absolute atomic E-state index is 5.72. The molecule has 102 valence electrons. The molecule has 0 aliphatic heterocycles. The normalized spacial score (nSPS) is 10.7. The molecule has 0 spiro atoms. The van der Waals surface area contributed by atoms with Gasteiger partial charge in [-0.15, -0.1) is 0 Å². The van der Waals surface area contributed by atoms with E-state index in [9.17, 15) is 0 Å². The lowest BCUT2D eigenvalue weighted by atomic mass is 10.2. The molecule has 0 bridgehead atoms. The molecule has 3 aromatic rings. The molecule has 0 atom stereocenters. The van der Waals surface area contributed by atoms with Crippen molar-refractivity contribution in [1.82, 2.24) is 4.37 Å². The minimum absolute atomic E-state index is 0.635. The molecule has 0 aliphatic carbocycles. The lowest BCUT2D eigenvalue weighted by Gasteiger charge is -2.07. The fraction of sp³-hybridized carbons (Fsp3) is 0.188. The summed E-state index contributed by atoms with van der Waals surface area (Å²) in [6.07, 6.45) is 0. The van der Waals surface area contributed by atoms with E-state index in [4.69, 9.17) is 4.74 Å². The number of fused-ring (bicyclic) bond motifs is 1. The third kappa shape index (κ3) is 2.91. The van der Waals surface area contributed by atoms with E-state index in [2.05, 4.69) is 28.7 Å². The van der Waals surface area contributed by atoms with Gasteiger partial charge in [0.05, 0.1) is 5.52 Å². The molecule has 2 aromatic carbocycles. The van der Waals surface area contributed by atoms with Crippen LogP contribution in [0.25, 0.3) is 10.9 Å². The topological polar surface area (TPSA) is 34.1 Å². The van der Waals surface area contributed by atoms with E-state index in [1.807, 2.05) is 36.4 Å². The van der Waals surface area contributed by atoms with Gasteiger partial charge < -0.3 is 10.1 Å². The molecule has 0 radical (unpaired) electrons. The number of anilines is 1. The summed E-state index contributed by atoms with van der Waals surface area (Å²) in [5.41, 5.74) is 2.25. The van der Waals surface area contributed by atoms with Gasteiger partial charge in [0.25, 0.3) is 0 Å². The van der Waals surface area contributed by atoms with Crippen molar-refractivity contribution in [1.29, 1.82) is 0 Å². The van der Waals surface area contributed by atoms with Gasteiger partial charge in [0.15, 0.2) is 0 Å². The van der Waals surface area contributed by atoms with Crippen LogP contribution in [0, 0.1) is 6.92 Å². The average molecular weight is 284 g/mol. The number of benzene rings is 2. The maximum Gasteiger partial charge on any atom is 0.119 e. The van der Waals surface area contributed by atoms with Gasteiger partial charge in [0, 0.05) is 11.9 Å². The standard InChI is InChI=1S/C16H16N2OS/c1-12-5-4-6-13(11-12)19-10-9-17-16-14-7-2-3-8-15(14)18-20-16/h2-8,11,17H,9-10H2,1H3. The summed E-state index contributed by atoms with van der Waals surface area (Å²) in [6.45, 7) is 3.46. The van der Waals surface area contributed by atoms with Crippen molar-refractivity contribution in [3.05, 3.63) is 54.1 Å². The van der Waals surface area contributed by atoms with Gasteiger partial charge in [-0.25, -0.2) is 0 Å². The van der Waals surface area contributed by atoms with Crippen LogP contribution in [0.15, 0.2) is 48.5 Å². The smallest absolute Gasteiger partial charge is 0.119 e. The van der Waals surface area contributed by atoms with E-state index in [0.29, 0.717) is 6.61 Å². The predicted molar refractivity (Wildman–Crippen MR) is 84.8 cm³/mol. The Labute approximate surface area is 122 Å². The first-order valence-electron chi connectivity index (χ1n) is 6.61. The quantitative estimate of drug-likeness (QED) is 0.716. The Hall–Kier alpha value is -2.07. The number of aromatic nitrogens is 1. The molecule has 0 amide bonds. The predicted octanol–water partition coefficient (Wildman–Crippen LogP) is 4.10. The van der Waals surface area contributed by atoms with Gasteiger partial charge in [0.2, 0.25) is 0 Å². The SMILES string of the molecule is Cc1cccc(OCCNc2snc3ccccc23)c1. The molecule has 0 unspecified atom stereocenters. The Morgan fingerprint density at radius 1 is 1.15 bits per heavy atom. The number of nitrogens with one attached hydrogen (secondary N) is 1. The second-order valence-corrected chi connectivity index (χ2v) is 5.39. The summed E-state index contributed by atoms with van der Waals surface area (Å²) in [6, 6.07) is 16.3. The number of nitrogens with zero attached hydrogens (tertiary/aromatic N) is 1. The molecule has 0 fully saturated rings. The Bertz CT molecular complexity index is 708. The fourth-order valence-electron chi connectivity index (χ4n) is 2.06. The molecular formula is C16H16N2OS. The Balaban J connectivity index is 1.55. The summed E-state index contributed by atoms with van der Waals surface area (Å²) in [5, 5.41) is 5.66. The highest BCUT2D eigenvalue weighted by Gasteiger charge is 2.03. The minimum atomic E-state index is 0.635. The van der Waals surface area contributed by atoms with E-state index in [-0.39, 0.29) is 0 Å². The van der Waals surface area contributed by atoms with Gasteiger partial charge in [-0.1, -0.05) is 24.3 Å². The lowest BCUT2D eigenvalue weighted by molar-refractivity contribution is 0.333. The number of ether oxygens (including phenoxy) is 1. The minimum Gasteiger partial charge on any atom is -0.492 e. The molecule has 3 rings (SSSR count). The first-order chi connectivity index (χ1) is 9.83. The van der Waals surface area contributed by atoms with Crippen LogP contribution in [0.5, 0.6) is 5.75 Å². The summed E-state index contributed by atoms with van der Waals surface area (Å²) in [7, 11) is 0. The molecule has 0 aliphatic rings. The van der Waals surface area contributed by atoms with Crippen LogP contribution in [0.4, 0.5) is 5.00 Å². The Kier molecular flexibility index (Phi) is 3.83. The molecular weight excluding hydrogens is 268 g/mol. The molecule has 4 heteroatoms. The number of aryl methyl sites for hydroxylation is 1. The van der Waals surface area contributed by atoms with Crippen LogP contribution in [0.3, 0.4) is 0 Å². The summed E-state index contributed by atoms with van der Waals surface area (Å²) >= 11 is 1.49. The van der Waals surface area contributed by atoms with E-state index < -0.39 is 0 Å². The second kappa shape index (κ2) is 5.92. The highest BCUT2D eigenvalue weighted by atomic mass is 32.1. The molecule has 1 heterocycles. The van der Waals surface area contributed by atoms with Crippen LogP contribution in [-0.2, 0) is 0 Å². The van der Waals surface area contributed by atoms with Crippen molar-refractivity contribution >= 4 is 27.4 Å². The van der Waals surface area contributed by atoms with E-state index >= 15 is 0 Å². The van der Waals surface area contributed by atoms with Crippen molar-refractivity contribution in [3.8, 4) is 5.75 Å². The zero-order valence-corrected chi connectivity index (χ0v) is 12.1. The van der Waals surface area contributed by atoms with E-state index in [1.165, 1.54) is 22.5 Å². The van der Waals surface area contributed by atoms with Gasteiger partial charge in [0.1, 0.15) is 17.4 Å². The summed E-state index contributed by atoms with van der Waals surface area (Å²) in [5.74, 6) is 0.918. The third-order valence-corrected chi connectivity index (χ3v) is 3.86. The fourth-order valence-corrected chi connectivity index (χ4v) is 2.84. The van der Waals surface area contributed by atoms with Gasteiger partial charge in [-0.2, -0.15) is 4.37 Å². The number of hydrogen-bond donors (Lipinski definition) is 1. The van der Waals surface area contributed by atoms with Gasteiger partial charge >= 0.3 is 0 Å². The number of rotatable bonds is 5. The van der Waals surface area contributed by atoms with E-state index in [1.54, 1.807) is 0 Å². The summed E-state index contributed by atoms with van der Waals surface area (Å²) < 4.78 is 10.1. The van der Waals surface area contributed by atoms with Crippen molar-refractivity contribution < 1.29 is 4.74 Å². The molecule has 3 nitrogen and oxygen atoms in total. The molecule has 20 heavy (non-hydrogen) atoms. The van der Waals surface area contributed by atoms with Crippen LogP contribution in [0.2, 0.25) is 0 Å². The van der Waals surface area contributed by atoms with Gasteiger partial charge in [-0.05, 0) is 48.3 Å². The van der Waals surface area contributed by atoms with Crippen molar-refractivity contribution in [2.45, 2.75) is 6.92 Å². The Morgan fingerprint density at radius 3 is 2.95 bits per heavy atom. The number of hydrogen-bond acceptors (Lipinski definition) is 4. The molecule has 0 saturated carbocycles. The Morgan fingerprint density at radius 2 is 2.05 bits per heavy atom. The first-order valence-corrected chi connectivity index (χ1v) is 7.38. The first kappa shape index (κ1) is 12.9. The molecule has 1 aromatic heterocycles. The monoisotopic (exact) mass is 284 g/mol. The summed E-state index contributed by atoms with van der Waals surface area (Å²) in [4.78, 5) is 0. The second-order valence-electron chi connectivity index (χ2n) is 4.62. The molecule has 0 saturated heterocycles. The van der Waals surface area contributed by atoms with Crippen molar-refractivity contribution in [3.63, 3.8) is 0 Å². The highest BCUT2D eigenvalue weighted by molar-refractivity contribution is 7.11. The van der Waals surface area contributed by atoms with Gasteiger partial charge in [-0.3, -0.25) is 0 Å². The van der Waals surface area contributed by atoms with Crippen LogP contribution >= 0.6 is 11.5 Å². The highest BCUT2D eigenvalue weighted by Crippen LogP contribution is 2.26. The van der Waals surface area contributed by atoms with Crippen LogP contribution in [0.1, 0.15) is 5.56 Å². The third-order valence-electron chi connectivity index (χ3n) is 3.03. The molecule has 1 N–H and O–H groups in total. The largest absolute Gasteiger partial charge is 0.492 e. The average Bonchev–Trinajstić information content (AvgIpc) is 2.87. The van der Waals surface area contributed by atoms with Crippen LogP contribution < -0.4 is 10.1 Å². The maximum atomic E-state index is 5.72. The lowest BCUT2D eigenvalue weighted by Crippen LogP contribution is -2.10. The van der Waals surface area contributed by atoms with Crippen molar-refractivity contribution in [2.75, 3.05) is 18.5 Å².